The number of methoxy groups -OCH3 is 1. The zero-order chi connectivity index (χ0) is 19.5. The highest BCUT2D eigenvalue weighted by Crippen LogP contribution is 2.55. The summed E-state index contributed by atoms with van der Waals surface area (Å²) in [6.07, 6.45) is -0.975. The Morgan fingerprint density at radius 1 is 1.44 bits per heavy atom. The van der Waals surface area contributed by atoms with Crippen LogP contribution in [-0.4, -0.2) is 73.8 Å². The summed E-state index contributed by atoms with van der Waals surface area (Å²) >= 11 is 0. The number of carbonyl (C=O) groups is 3. The summed E-state index contributed by atoms with van der Waals surface area (Å²) in [7, 11) is 1.50. The van der Waals surface area contributed by atoms with E-state index in [2.05, 4.69) is 10.6 Å². The highest BCUT2D eigenvalue weighted by atomic mass is 19.1. The van der Waals surface area contributed by atoms with Crippen LogP contribution in [0.5, 0.6) is 0 Å². The zero-order valence-electron chi connectivity index (χ0n) is 15.0. The van der Waals surface area contributed by atoms with Gasteiger partial charge in [-0.2, -0.15) is 0 Å². The number of allylic oxidation sites excluding steroid dienone is 2. The van der Waals surface area contributed by atoms with Crippen LogP contribution in [-0.2, 0) is 19.1 Å². The highest BCUT2D eigenvalue weighted by molar-refractivity contribution is 6.25. The molecule has 3 heterocycles. The van der Waals surface area contributed by atoms with Crippen LogP contribution in [0, 0.1) is 5.92 Å². The van der Waals surface area contributed by atoms with Crippen molar-refractivity contribution in [1.29, 1.82) is 0 Å². The zero-order valence-corrected chi connectivity index (χ0v) is 15.0. The number of amides is 1. The maximum atomic E-state index is 13.2. The fraction of sp³-hybridized carbons (Fsp3) is 0.588. The number of alkyl halides is 1. The summed E-state index contributed by atoms with van der Waals surface area (Å²) in [5.41, 5.74) is 4.93. The normalized spacial score (nSPS) is 33.9. The van der Waals surface area contributed by atoms with Gasteiger partial charge in [-0.1, -0.05) is 0 Å². The van der Waals surface area contributed by atoms with E-state index in [-0.39, 0.29) is 53.6 Å². The van der Waals surface area contributed by atoms with Crippen LogP contribution in [0.2, 0.25) is 0 Å². The summed E-state index contributed by atoms with van der Waals surface area (Å²) in [5.74, 6) is -1.41. The molecule has 4 atom stereocenters. The minimum atomic E-state index is -1.01. The molecule has 2 saturated heterocycles. The Labute approximate surface area is 154 Å². The Bertz CT molecular complexity index is 809. The molecule has 0 aromatic heterocycles. The molecule has 4 aliphatic rings. The van der Waals surface area contributed by atoms with Crippen molar-refractivity contribution in [2.24, 2.45) is 11.7 Å². The van der Waals surface area contributed by atoms with Crippen molar-refractivity contribution >= 4 is 17.7 Å². The van der Waals surface area contributed by atoms with Gasteiger partial charge >= 0.3 is 6.09 Å². The molecule has 1 aliphatic carbocycles. The topological polar surface area (TPSA) is 133 Å². The van der Waals surface area contributed by atoms with Gasteiger partial charge in [-0.25, -0.2) is 9.18 Å². The highest BCUT2D eigenvalue weighted by Gasteiger charge is 2.72. The molecule has 0 aromatic carbocycles. The van der Waals surface area contributed by atoms with E-state index in [0.29, 0.717) is 6.54 Å². The van der Waals surface area contributed by atoms with Crippen molar-refractivity contribution in [2.45, 2.75) is 24.7 Å². The van der Waals surface area contributed by atoms with E-state index in [1.165, 1.54) is 7.11 Å². The van der Waals surface area contributed by atoms with Crippen molar-refractivity contribution in [3.8, 4) is 0 Å². The van der Waals surface area contributed by atoms with Crippen molar-refractivity contribution < 1.29 is 28.2 Å². The van der Waals surface area contributed by atoms with Gasteiger partial charge in [0.05, 0.1) is 23.4 Å². The predicted octanol–water partition coefficient (Wildman–Crippen LogP) is -1.05. The third kappa shape index (κ3) is 2.26. The first-order chi connectivity index (χ1) is 12.9. The number of carbonyl (C=O) groups excluding carboxylic acids is 3. The van der Waals surface area contributed by atoms with E-state index in [1.807, 2.05) is 0 Å². The lowest BCUT2D eigenvalue weighted by atomic mass is 9.82. The first kappa shape index (κ1) is 17.9. The molecule has 4 N–H and O–H groups in total. The standard InChI is InChI=1S/C17H21FN4O5/c1-7-11(20-4-3-18)14(24)10-8(6-27-16(19)25)17(26-2)15-9(21-15)5-22(17)12(10)13(7)23/h8-9,15,20-21H,3-6H2,1-2H3,(H2,19,25)/t8-,9+,15+,17?/m0/s1. The van der Waals surface area contributed by atoms with Gasteiger partial charge in [-0.05, 0) is 6.92 Å². The van der Waals surface area contributed by atoms with Gasteiger partial charge in [0.15, 0.2) is 5.72 Å². The van der Waals surface area contributed by atoms with Crippen LogP contribution in [0.1, 0.15) is 6.92 Å². The van der Waals surface area contributed by atoms with E-state index in [9.17, 15) is 18.8 Å². The number of ether oxygens (including phenoxy) is 2. The molecule has 0 bridgehead atoms. The third-order valence-electron chi connectivity index (χ3n) is 5.82. The molecule has 9 nitrogen and oxygen atoms in total. The third-order valence-corrected chi connectivity index (χ3v) is 5.82. The van der Waals surface area contributed by atoms with E-state index in [4.69, 9.17) is 15.2 Å². The molecule has 0 saturated carbocycles. The first-order valence-electron chi connectivity index (χ1n) is 8.73. The van der Waals surface area contributed by atoms with Gasteiger partial charge in [-0.15, -0.1) is 0 Å². The molecule has 1 unspecified atom stereocenters. The van der Waals surface area contributed by atoms with Crippen molar-refractivity contribution in [3.63, 3.8) is 0 Å². The molecular formula is C17H21FN4O5. The molecule has 2 fully saturated rings. The Balaban J connectivity index is 1.79. The molecule has 1 amide bonds. The SMILES string of the molecule is COC12[C@@H]3N[C@@H]3CN1C1=C(C(=O)C(NCCF)=C(C)C1=O)[C@@H]2COC(N)=O. The van der Waals surface area contributed by atoms with Crippen LogP contribution in [0.3, 0.4) is 0 Å². The maximum Gasteiger partial charge on any atom is 0.404 e. The fourth-order valence-electron chi connectivity index (χ4n) is 4.68. The molecule has 3 aliphatic heterocycles. The number of nitrogens with one attached hydrogen (secondary N) is 2. The number of primary amides is 1. The van der Waals surface area contributed by atoms with E-state index in [0.717, 1.165) is 0 Å². The molecule has 27 heavy (non-hydrogen) atoms. The second-order valence-electron chi connectivity index (χ2n) is 7.04. The van der Waals surface area contributed by atoms with Crippen LogP contribution >= 0.6 is 0 Å². The molecular weight excluding hydrogens is 359 g/mol. The molecule has 0 spiro atoms. The molecule has 0 aromatic rings. The van der Waals surface area contributed by atoms with Gasteiger partial charge in [0.2, 0.25) is 11.6 Å². The first-order valence-corrected chi connectivity index (χ1v) is 8.73. The van der Waals surface area contributed by atoms with Crippen LogP contribution < -0.4 is 16.4 Å². The predicted molar refractivity (Wildman–Crippen MR) is 89.9 cm³/mol. The van der Waals surface area contributed by atoms with Gasteiger partial charge in [0, 0.05) is 37.4 Å². The minimum Gasteiger partial charge on any atom is -0.449 e. The number of piperazine rings is 1. The van der Waals surface area contributed by atoms with Crippen molar-refractivity contribution in [1.82, 2.24) is 15.5 Å². The van der Waals surface area contributed by atoms with Crippen LogP contribution in [0.15, 0.2) is 22.5 Å². The average molecular weight is 380 g/mol. The van der Waals surface area contributed by atoms with Crippen molar-refractivity contribution in [3.05, 3.63) is 22.5 Å². The van der Waals surface area contributed by atoms with Gasteiger partial charge < -0.3 is 30.7 Å². The summed E-state index contributed by atoms with van der Waals surface area (Å²) < 4.78 is 23.5. The summed E-state index contributed by atoms with van der Waals surface area (Å²) in [5, 5.41) is 5.99. The monoisotopic (exact) mass is 380 g/mol. The Morgan fingerprint density at radius 3 is 2.81 bits per heavy atom. The van der Waals surface area contributed by atoms with Gasteiger partial charge in [0.25, 0.3) is 0 Å². The lowest BCUT2D eigenvalue weighted by molar-refractivity contribution is -0.137. The lowest BCUT2D eigenvalue weighted by Gasteiger charge is -2.39. The molecule has 146 valence electrons. The quantitative estimate of drug-likeness (QED) is 0.393. The summed E-state index contributed by atoms with van der Waals surface area (Å²) in [6, 6.07) is 0.0334. The van der Waals surface area contributed by atoms with Gasteiger partial charge in [-0.3, -0.25) is 9.59 Å². The number of halogens is 1. The van der Waals surface area contributed by atoms with Crippen LogP contribution in [0.25, 0.3) is 0 Å². The summed E-state index contributed by atoms with van der Waals surface area (Å²) in [6.45, 7) is 1.09. The summed E-state index contributed by atoms with van der Waals surface area (Å²) in [4.78, 5) is 39.3. The number of Topliss-reactive ketones (excluding diaryl/α,β-unsaturated/α-hetero) is 2. The van der Waals surface area contributed by atoms with E-state index >= 15 is 0 Å². The average Bonchev–Trinajstić information content (AvgIpc) is 3.24. The second kappa shape index (κ2) is 6.03. The fourth-order valence-corrected chi connectivity index (χ4v) is 4.68. The Hall–Kier alpha value is -2.46. The number of fused-ring (bicyclic) bond motifs is 4. The Morgan fingerprint density at radius 2 is 2.19 bits per heavy atom. The number of hydrogen-bond donors (Lipinski definition) is 3. The minimum absolute atomic E-state index is 0.0770. The number of nitrogens with two attached hydrogens (primary N) is 1. The van der Waals surface area contributed by atoms with E-state index in [1.54, 1.807) is 11.8 Å². The Kier molecular flexibility index (Phi) is 4.00. The maximum absolute atomic E-state index is 13.2. The largest absolute Gasteiger partial charge is 0.449 e. The number of nitrogens with zero attached hydrogens (tertiary/aromatic N) is 1. The smallest absolute Gasteiger partial charge is 0.404 e. The molecule has 10 heteroatoms. The lowest BCUT2D eigenvalue weighted by Crippen LogP contribution is -2.55. The molecule has 0 radical (unpaired) electrons. The number of hydrogen-bond acceptors (Lipinski definition) is 8. The van der Waals surface area contributed by atoms with Crippen LogP contribution in [0.4, 0.5) is 9.18 Å². The van der Waals surface area contributed by atoms with E-state index < -0.39 is 30.2 Å². The number of rotatable bonds is 6. The van der Waals surface area contributed by atoms with Gasteiger partial charge in [0.1, 0.15) is 13.3 Å². The number of ketones is 2. The molecule has 4 rings (SSSR count). The van der Waals surface area contributed by atoms with Crippen molar-refractivity contribution in [2.75, 3.05) is 33.5 Å². The second-order valence-corrected chi connectivity index (χ2v) is 7.04.